The molecule has 1 aromatic carbocycles. The molecule has 2 rings (SSSR count). The molecule has 2 aromatic rings. The molecule has 1 aromatic heterocycles. The first kappa shape index (κ1) is 13.6. The molecule has 19 heavy (non-hydrogen) atoms. The van der Waals surface area contributed by atoms with E-state index < -0.39 is 0 Å². The van der Waals surface area contributed by atoms with Gasteiger partial charge in [0.2, 0.25) is 0 Å². The number of halogens is 2. The molecule has 0 fully saturated rings. The fourth-order valence-corrected chi connectivity index (χ4v) is 2.15. The average Bonchev–Trinajstić information content (AvgIpc) is 2.34. The van der Waals surface area contributed by atoms with Gasteiger partial charge in [0, 0.05) is 6.54 Å². The third-order valence-electron chi connectivity index (χ3n) is 2.82. The van der Waals surface area contributed by atoms with Gasteiger partial charge in [-0.15, -0.1) is 0 Å². The van der Waals surface area contributed by atoms with Crippen molar-refractivity contribution in [2.24, 2.45) is 0 Å². The number of nitrogens with zero attached hydrogens (tertiary/aromatic N) is 1. The van der Waals surface area contributed by atoms with Crippen LogP contribution in [0, 0.1) is 19.7 Å². The van der Waals surface area contributed by atoms with E-state index in [0.717, 1.165) is 5.56 Å². The molecule has 100 valence electrons. The summed E-state index contributed by atoms with van der Waals surface area (Å²) in [6, 6.07) is 5.25. The Morgan fingerprint density at radius 2 is 1.89 bits per heavy atom. The topological polar surface area (TPSA) is 50.9 Å². The Kier molecular flexibility index (Phi) is 3.90. The standard InChI is InChI=1S/C14H15ClFN3/c1-8-3-10(4-9(2)13(8)16)6-18-14-12(15)5-11(17)7-19-14/h3-5,7H,6,17H2,1-2H3,(H,18,19). The molecule has 0 saturated heterocycles. The second-order valence-electron chi connectivity index (χ2n) is 4.50. The smallest absolute Gasteiger partial charge is 0.145 e. The molecule has 0 radical (unpaired) electrons. The van der Waals surface area contributed by atoms with Crippen LogP contribution in [0.4, 0.5) is 15.9 Å². The lowest BCUT2D eigenvalue weighted by Crippen LogP contribution is -2.04. The summed E-state index contributed by atoms with van der Waals surface area (Å²) in [5, 5.41) is 3.58. The van der Waals surface area contributed by atoms with Gasteiger partial charge in [0.25, 0.3) is 0 Å². The number of nitrogens with one attached hydrogen (secondary N) is 1. The van der Waals surface area contributed by atoms with Gasteiger partial charge in [-0.1, -0.05) is 23.7 Å². The van der Waals surface area contributed by atoms with Crippen molar-refractivity contribution in [2.45, 2.75) is 20.4 Å². The summed E-state index contributed by atoms with van der Waals surface area (Å²) >= 11 is 6.02. The van der Waals surface area contributed by atoms with Crippen molar-refractivity contribution in [1.82, 2.24) is 4.98 Å². The number of aryl methyl sites for hydroxylation is 2. The Balaban J connectivity index is 2.14. The van der Waals surface area contributed by atoms with Gasteiger partial charge < -0.3 is 11.1 Å². The first-order valence-electron chi connectivity index (χ1n) is 5.88. The van der Waals surface area contributed by atoms with Crippen LogP contribution in [0.15, 0.2) is 24.4 Å². The molecule has 0 aliphatic heterocycles. The maximum Gasteiger partial charge on any atom is 0.145 e. The number of hydrogen-bond acceptors (Lipinski definition) is 3. The van der Waals surface area contributed by atoms with E-state index in [1.165, 1.54) is 6.20 Å². The van der Waals surface area contributed by atoms with Gasteiger partial charge in [0.05, 0.1) is 16.9 Å². The monoisotopic (exact) mass is 279 g/mol. The largest absolute Gasteiger partial charge is 0.397 e. The lowest BCUT2D eigenvalue weighted by molar-refractivity contribution is 0.608. The summed E-state index contributed by atoms with van der Waals surface area (Å²) in [7, 11) is 0. The highest BCUT2D eigenvalue weighted by Gasteiger charge is 2.06. The first-order valence-corrected chi connectivity index (χ1v) is 6.25. The summed E-state index contributed by atoms with van der Waals surface area (Å²) in [4.78, 5) is 4.11. The molecule has 3 nitrogen and oxygen atoms in total. The average molecular weight is 280 g/mol. The molecule has 1 heterocycles. The van der Waals surface area contributed by atoms with Crippen LogP contribution in [0.1, 0.15) is 16.7 Å². The van der Waals surface area contributed by atoms with E-state index >= 15 is 0 Å². The highest BCUT2D eigenvalue weighted by Crippen LogP contribution is 2.22. The van der Waals surface area contributed by atoms with Gasteiger partial charge in [-0.3, -0.25) is 0 Å². The highest BCUT2D eigenvalue weighted by molar-refractivity contribution is 6.33. The van der Waals surface area contributed by atoms with E-state index in [9.17, 15) is 4.39 Å². The Bertz CT molecular complexity index is 591. The maximum absolute atomic E-state index is 13.5. The normalized spacial score (nSPS) is 10.5. The van der Waals surface area contributed by atoms with E-state index in [2.05, 4.69) is 10.3 Å². The van der Waals surface area contributed by atoms with Crippen molar-refractivity contribution in [3.05, 3.63) is 51.9 Å². The number of nitrogen functional groups attached to an aromatic ring is 1. The van der Waals surface area contributed by atoms with E-state index in [0.29, 0.717) is 34.2 Å². The Hall–Kier alpha value is -1.81. The van der Waals surface area contributed by atoms with Crippen LogP contribution in [-0.4, -0.2) is 4.98 Å². The van der Waals surface area contributed by atoms with E-state index in [1.54, 1.807) is 32.0 Å². The third kappa shape index (κ3) is 3.15. The molecule has 5 heteroatoms. The van der Waals surface area contributed by atoms with Crippen molar-refractivity contribution in [3.63, 3.8) is 0 Å². The molecule has 0 aliphatic carbocycles. The fraction of sp³-hybridized carbons (Fsp3) is 0.214. The molecule has 0 unspecified atom stereocenters. The molecule has 0 atom stereocenters. The number of benzene rings is 1. The van der Waals surface area contributed by atoms with Gasteiger partial charge in [-0.05, 0) is 36.6 Å². The second-order valence-corrected chi connectivity index (χ2v) is 4.90. The lowest BCUT2D eigenvalue weighted by atomic mass is 10.1. The Morgan fingerprint density at radius 3 is 2.47 bits per heavy atom. The van der Waals surface area contributed by atoms with E-state index in [4.69, 9.17) is 17.3 Å². The summed E-state index contributed by atoms with van der Waals surface area (Å²) in [6.45, 7) is 4.03. The Labute approximate surface area is 116 Å². The highest BCUT2D eigenvalue weighted by atomic mass is 35.5. The minimum absolute atomic E-state index is 0.160. The van der Waals surface area contributed by atoms with Crippen LogP contribution in [-0.2, 0) is 6.54 Å². The number of hydrogen-bond donors (Lipinski definition) is 2. The van der Waals surface area contributed by atoms with Crippen molar-refractivity contribution in [2.75, 3.05) is 11.1 Å². The van der Waals surface area contributed by atoms with Crippen molar-refractivity contribution in [1.29, 1.82) is 0 Å². The van der Waals surface area contributed by atoms with Gasteiger partial charge in [-0.25, -0.2) is 9.37 Å². The summed E-state index contributed by atoms with van der Waals surface area (Å²) in [6.07, 6.45) is 1.54. The zero-order chi connectivity index (χ0) is 14.0. The van der Waals surface area contributed by atoms with Crippen LogP contribution >= 0.6 is 11.6 Å². The summed E-state index contributed by atoms with van der Waals surface area (Å²) in [5.41, 5.74) is 8.34. The van der Waals surface area contributed by atoms with E-state index in [-0.39, 0.29) is 5.82 Å². The molecular formula is C14H15ClFN3. The van der Waals surface area contributed by atoms with E-state index in [1.807, 2.05) is 0 Å². The van der Waals surface area contributed by atoms with Crippen LogP contribution < -0.4 is 11.1 Å². The second kappa shape index (κ2) is 5.45. The number of nitrogens with two attached hydrogens (primary N) is 1. The minimum atomic E-state index is -0.160. The number of rotatable bonds is 3. The van der Waals surface area contributed by atoms with Crippen LogP contribution in [0.25, 0.3) is 0 Å². The molecule has 0 amide bonds. The summed E-state index contributed by atoms with van der Waals surface area (Å²) in [5.74, 6) is 0.405. The predicted octanol–water partition coefficient (Wildman–Crippen LogP) is 3.69. The molecule has 3 N–H and O–H groups in total. The van der Waals surface area contributed by atoms with Crippen LogP contribution in [0.2, 0.25) is 5.02 Å². The molecule has 0 spiro atoms. The van der Waals surface area contributed by atoms with Gasteiger partial charge in [0.15, 0.2) is 0 Å². The summed E-state index contributed by atoms with van der Waals surface area (Å²) < 4.78 is 13.5. The van der Waals surface area contributed by atoms with Crippen molar-refractivity contribution >= 4 is 23.1 Å². The maximum atomic E-state index is 13.5. The fourth-order valence-electron chi connectivity index (χ4n) is 1.91. The number of pyridine rings is 1. The zero-order valence-corrected chi connectivity index (χ0v) is 11.6. The molecular weight excluding hydrogens is 265 g/mol. The molecule has 0 aliphatic rings. The number of aromatic nitrogens is 1. The minimum Gasteiger partial charge on any atom is -0.397 e. The van der Waals surface area contributed by atoms with Gasteiger partial charge >= 0.3 is 0 Å². The SMILES string of the molecule is Cc1cc(CNc2ncc(N)cc2Cl)cc(C)c1F. The van der Waals surface area contributed by atoms with Crippen LogP contribution in [0.3, 0.4) is 0 Å². The van der Waals surface area contributed by atoms with Gasteiger partial charge in [0.1, 0.15) is 11.6 Å². The first-order chi connectivity index (χ1) is 8.97. The molecule has 0 saturated carbocycles. The van der Waals surface area contributed by atoms with Crippen molar-refractivity contribution in [3.8, 4) is 0 Å². The van der Waals surface area contributed by atoms with Crippen LogP contribution in [0.5, 0.6) is 0 Å². The lowest BCUT2D eigenvalue weighted by Gasteiger charge is -2.10. The quantitative estimate of drug-likeness (QED) is 0.901. The third-order valence-corrected chi connectivity index (χ3v) is 3.11. The number of anilines is 2. The predicted molar refractivity (Wildman–Crippen MR) is 76.9 cm³/mol. The zero-order valence-electron chi connectivity index (χ0n) is 10.8. The Morgan fingerprint density at radius 1 is 1.26 bits per heavy atom. The van der Waals surface area contributed by atoms with Gasteiger partial charge in [-0.2, -0.15) is 0 Å². The van der Waals surface area contributed by atoms with Crippen molar-refractivity contribution < 1.29 is 4.39 Å². The molecule has 0 bridgehead atoms.